The van der Waals surface area contributed by atoms with E-state index >= 15 is 0 Å². The lowest BCUT2D eigenvalue weighted by Crippen LogP contribution is -2.08. The van der Waals surface area contributed by atoms with E-state index in [2.05, 4.69) is 0 Å². The highest BCUT2D eigenvalue weighted by Crippen LogP contribution is 2.34. The van der Waals surface area contributed by atoms with Crippen molar-refractivity contribution in [2.75, 3.05) is 6.54 Å². The minimum Gasteiger partial charge on any atom is -0.468 e. The highest BCUT2D eigenvalue weighted by atomic mass is 32.2. The normalized spacial score (nSPS) is 12.6. The fraction of sp³-hybridized carbons (Fsp3) is 0.167. The van der Waals surface area contributed by atoms with Gasteiger partial charge in [0.15, 0.2) is 0 Å². The van der Waals surface area contributed by atoms with E-state index in [4.69, 9.17) is 10.2 Å². The summed E-state index contributed by atoms with van der Waals surface area (Å²) in [5, 5.41) is 0.0248. The van der Waals surface area contributed by atoms with Crippen LogP contribution in [0.25, 0.3) is 0 Å². The molecule has 0 amide bonds. The summed E-state index contributed by atoms with van der Waals surface area (Å²) in [6.45, 7) is 0.453. The van der Waals surface area contributed by atoms with Gasteiger partial charge in [-0.3, -0.25) is 0 Å². The highest BCUT2D eigenvalue weighted by molar-refractivity contribution is 7.99. The molecule has 16 heavy (non-hydrogen) atoms. The molecule has 2 rings (SSSR count). The number of rotatable bonds is 4. The van der Waals surface area contributed by atoms with E-state index in [1.807, 2.05) is 18.2 Å². The van der Waals surface area contributed by atoms with Crippen LogP contribution in [0.2, 0.25) is 0 Å². The van der Waals surface area contributed by atoms with E-state index in [1.54, 1.807) is 12.3 Å². The van der Waals surface area contributed by atoms with Crippen molar-refractivity contribution in [3.05, 3.63) is 54.2 Å². The van der Waals surface area contributed by atoms with Crippen molar-refractivity contribution >= 4 is 11.8 Å². The fourth-order valence-electron chi connectivity index (χ4n) is 1.40. The van der Waals surface area contributed by atoms with Crippen molar-refractivity contribution in [1.82, 2.24) is 0 Å². The Morgan fingerprint density at radius 1 is 1.31 bits per heavy atom. The summed E-state index contributed by atoms with van der Waals surface area (Å²) in [5.74, 6) is 0.581. The first-order valence-electron chi connectivity index (χ1n) is 4.95. The third kappa shape index (κ3) is 2.65. The van der Waals surface area contributed by atoms with E-state index in [1.165, 1.54) is 23.9 Å². The smallest absolute Gasteiger partial charge is 0.124 e. The summed E-state index contributed by atoms with van der Waals surface area (Å²) < 4.78 is 18.3. The first-order chi connectivity index (χ1) is 7.79. The molecule has 4 heteroatoms. The van der Waals surface area contributed by atoms with Gasteiger partial charge in [-0.1, -0.05) is 6.07 Å². The minimum absolute atomic E-state index is 0.0248. The van der Waals surface area contributed by atoms with Gasteiger partial charge in [0.1, 0.15) is 11.6 Å². The zero-order chi connectivity index (χ0) is 11.4. The maximum Gasteiger partial charge on any atom is 0.124 e. The van der Waals surface area contributed by atoms with Gasteiger partial charge < -0.3 is 10.2 Å². The topological polar surface area (TPSA) is 39.2 Å². The van der Waals surface area contributed by atoms with Crippen LogP contribution in [0, 0.1) is 5.82 Å². The minimum atomic E-state index is -0.236. The van der Waals surface area contributed by atoms with Crippen LogP contribution in [0.15, 0.2) is 52.0 Å². The molecule has 0 spiro atoms. The molecule has 0 aliphatic carbocycles. The molecule has 1 aromatic carbocycles. The molecule has 1 atom stereocenters. The zero-order valence-corrected chi connectivity index (χ0v) is 9.41. The van der Waals surface area contributed by atoms with Gasteiger partial charge in [0.25, 0.3) is 0 Å². The third-order valence-electron chi connectivity index (χ3n) is 2.15. The van der Waals surface area contributed by atoms with Crippen LogP contribution in [0.5, 0.6) is 0 Å². The molecule has 84 valence electrons. The Hall–Kier alpha value is -1.26. The van der Waals surface area contributed by atoms with Crippen molar-refractivity contribution in [2.45, 2.75) is 10.1 Å². The summed E-state index contributed by atoms with van der Waals surface area (Å²) in [5.41, 5.74) is 5.68. The Kier molecular flexibility index (Phi) is 3.64. The number of benzene rings is 1. The summed E-state index contributed by atoms with van der Waals surface area (Å²) in [4.78, 5) is 0.854. The predicted octanol–water partition coefficient (Wildman–Crippen LogP) is 3.21. The molecular weight excluding hydrogens is 225 g/mol. The number of thioether (sulfide) groups is 1. The van der Waals surface area contributed by atoms with Gasteiger partial charge in [-0.25, -0.2) is 4.39 Å². The molecule has 1 unspecified atom stereocenters. The van der Waals surface area contributed by atoms with Crippen molar-refractivity contribution in [3.63, 3.8) is 0 Å². The van der Waals surface area contributed by atoms with Crippen LogP contribution in [-0.4, -0.2) is 6.54 Å². The zero-order valence-electron chi connectivity index (χ0n) is 8.60. The van der Waals surface area contributed by atoms with Crippen LogP contribution in [-0.2, 0) is 0 Å². The predicted molar refractivity (Wildman–Crippen MR) is 62.8 cm³/mol. The summed E-state index contributed by atoms with van der Waals surface area (Å²) in [7, 11) is 0. The maximum atomic E-state index is 13.0. The number of furan rings is 1. The Balaban J connectivity index is 2.13. The van der Waals surface area contributed by atoms with Gasteiger partial charge in [0, 0.05) is 11.4 Å². The van der Waals surface area contributed by atoms with Crippen LogP contribution in [0.1, 0.15) is 11.0 Å². The number of hydrogen-bond acceptors (Lipinski definition) is 3. The second-order valence-corrected chi connectivity index (χ2v) is 4.59. The molecule has 1 aromatic heterocycles. The van der Waals surface area contributed by atoms with Gasteiger partial charge in [-0.15, -0.1) is 11.8 Å². The summed E-state index contributed by atoms with van der Waals surface area (Å²) >= 11 is 1.50. The van der Waals surface area contributed by atoms with E-state index in [0.29, 0.717) is 6.54 Å². The molecule has 0 aliphatic heterocycles. The second kappa shape index (κ2) is 5.18. The third-order valence-corrected chi connectivity index (χ3v) is 3.38. The van der Waals surface area contributed by atoms with E-state index in [0.717, 1.165) is 10.7 Å². The Morgan fingerprint density at radius 3 is 2.81 bits per heavy atom. The van der Waals surface area contributed by atoms with Gasteiger partial charge in [-0.05, 0) is 30.3 Å². The highest BCUT2D eigenvalue weighted by Gasteiger charge is 2.14. The van der Waals surface area contributed by atoms with Gasteiger partial charge in [-0.2, -0.15) is 0 Å². The lowest BCUT2D eigenvalue weighted by Gasteiger charge is -2.11. The molecule has 0 fully saturated rings. The van der Waals surface area contributed by atoms with E-state index < -0.39 is 0 Å². The van der Waals surface area contributed by atoms with Crippen LogP contribution in [0.4, 0.5) is 4.39 Å². The molecular formula is C12H12FNOS. The first-order valence-corrected chi connectivity index (χ1v) is 5.83. The standard InChI is InChI=1S/C12H12FNOS/c13-9-3-1-4-10(7-9)16-12(8-14)11-5-2-6-15-11/h1-7,12H,8,14H2. The monoisotopic (exact) mass is 237 g/mol. The molecule has 2 N–H and O–H groups in total. The fourth-order valence-corrected chi connectivity index (χ4v) is 2.41. The van der Waals surface area contributed by atoms with Crippen molar-refractivity contribution in [1.29, 1.82) is 0 Å². The quantitative estimate of drug-likeness (QED) is 0.830. The van der Waals surface area contributed by atoms with Crippen molar-refractivity contribution in [2.24, 2.45) is 5.73 Å². The summed E-state index contributed by atoms with van der Waals surface area (Å²) in [6, 6.07) is 10.2. The van der Waals surface area contributed by atoms with Gasteiger partial charge >= 0.3 is 0 Å². The Morgan fingerprint density at radius 2 is 2.19 bits per heavy atom. The van der Waals surface area contributed by atoms with Crippen LogP contribution < -0.4 is 5.73 Å². The second-order valence-electron chi connectivity index (χ2n) is 3.31. The van der Waals surface area contributed by atoms with E-state index in [9.17, 15) is 4.39 Å². The molecule has 0 saturated heterocycles. The van der Waals surface area contributed by atoms with Gasteiger partial charge in [0.2, 0.25) is 0 Å². The molecule has 0 bridgehead atoms. The molecule has 0 radical (unpaired) electrons. The molecule has 0 saturated carbocycles. The molecule has 2 nitrogen and oxygen atoms in total. The molecule has 0 aliphatic rings. The van der Waals surface area contributed by atoms with Crippen molar-refractivity contribution < 1.29 is 8.81 Å². The number of nitrogens with two attached hydrogens (primary N) is 1. The van der Waals surface area contributed by atoms with Gasteiger partial charge in [0.05, 0.1) is 11.5 Å². The van der Waals surface area contributed by atoms with E-state index in [-0.39, 0.29) is 11.1 Å². The average molecular weight is 237 g/mol. The maximum absolute atomic E-state index is 13.0. The van der Waals surface area contributed by atoms with Crippen LogP contribution in [0.3, 0.4) is 0 Å². The Bertz CT molecular complexity index is 444. The summed E-state index contributed by atoms with van der Waals surface area (Å²) in [6.07, 6.45) is 1.62. The average Bonchev–Trinajstić information content (AvgIpc) is 2.79. The largest absolute Gasteiger partial charge is 0.468 e. The van der Waals surface area contributed by atoms with Crippen molar-refractivity contribution in [3.8, 4) is 0 Å². The number of hydrogen-bond donors (Lipinski definition) is 1. The molecule has 2 aromatic rings. The molecule has 1 heterocycles. The first kappa shape index (κ1) is 11.2. The SMILES string of the molecule is NCC(Sc1cccc(F)c1)c1ccco1. The Labute approximate surface area is 97.6 Å². The number of halogens is 1. The van der Waals surface area contributed by atoms with Crippen LogP contribution >= 0.6 is 11.8 Å². The lowest BCUT2D eigenvalue weighted by molar-refractivity contribution is 0.507. The lowest BCUT2D eigenvalue weighted by atomic mass is 10.3.